The van der Waals surface area contributed by atoms with Crippen molar-refractivity contribution in [3.8, 4) is 5.75 Å². The standard InChI is InChI=1S/C25H40N4O3/c1-25(2,3)32-24(30)29(18-20-9-10-20)21-12-15-28(16-13-21)23(26-4)27-14-11-19-7-6-8-22(17-19)31-5/h6-8,17,20-21H,9-16,18H2,1-5H3,(H,26,27). The average Bonchev–Trinajstić information content (AvgIpc) is 3.58. The highest BCUT2D eigenvalue weighted by Gasteiger charge is 2.35. The average molecular weight is 445 g/mol. The molecule has 1 amide bonds. The fourth-order valence-corrected chi connectivity index (χ4v) is 4.14. The molecule has 1 heterocycles. The molecule has 32 heavy (non-hydrogen) atoms. The van der Waals surface area contributed by atoms with E-state index in [0.29, 0.717) is 5.92 Å². The molecule has 1 aliphatic heterocycles. The molecular weight excluding hydrogens is 404 g/mol. The van der Waals surface area contributed by atoms with E-state index in [2.05, 4.69) is 27.3 Å². The van der Waals surface area contributed by atoms with Crippen molar-refractivity contribution in [2.24, 2.45) is 10.9 Å². The molecule has 0 radical (unpaired) electrons. The zero-order chi connectivity index (χ0) is 23.1. The summed E-state index contributed by atoms with van der Waals surface area (Å²) in [6.45, 7) is 9.21. The lowest BCUT2D eigenvalue weighted by Gasteiger charge is -2.40. The van der Waals surface area contributed by atoms with Crippen LogP contribution in [0.4, 0.5) is 4.79 Å². The number of methoxy groups -OCH3 is 1. The Hall–Kier alpha value is -2.44. The van der Waals surface area contributed by atoms with Crippen molar-refractivity contribution in [1.82, 2.24) is 15.1 Å². The molecule has 0 spiro atoms. The van der Waals surface area contributed by atoms with E-state index in [-0.39, 0.29) is 12.1 Å². The number of aliphatic imine (C=N–C) groups is 1. The van der Waals surface area contributed by atoms with Crippen LogP contribution in [0.15, 0.2) is 29.3 Å². The lowest BCUT2D eigenvalue weighted by Crippen LogP contribution is -2.52. The number of nitrogens with zero attached hydrogens (tertiary/aromatic N) is 3. The second-order valence-electron chi connectivity index (χ2n) is 9.87. The summed E-state index contributed by atoms with van der Waals surface area (Å²) in [6, 6.07) is 8.40. The van der Waals surface area contributed by atoms with Crippen LogP contribution < -0.4 is 10.1 Å². The number of carbonyl (C=O) groups excluding carboxylic acids is 1. The van der Waals surface area contributed by atoms with Crippen LogP contribution in [0.1, 0.15) is 52.0 Å². The monoisotopic (exact) mass is 444 g/mol. The van der Waals surface area contributed by atoms with E-state index in [1.54, 1.807) is 7.11 Å². The summed E-state index contributed by atoms with van der Waals surface area (Å²) in [5.74, 6) is 2.46. The number of hydrogen-bond acceptors (Lipinski definition) is 4. The van der Waals surface area contributed by atoms with Gasteiger partial charge in [0.25, 0.3) is 0 Å². The van der Waals surface area contributed by atoms with Gasteiger partial charge in [0.1, 0.15) is 11.4 Å². The summed E-state index contributed by atoms with van der Waals surface area (Å²) >= 11 is 0. The molecule has 0 unspecified atom stereocenters. The van der Waals surface area contributed by atoms with E-state index < -0.39 is 5.60 Å². The Kier molecular flexibility index (Phi) is 8.26. The molecule has 178 valence electrons. The normalized spacial score (nSPS) is 17.8. The molecule has 1 saturated carbocycles. The van der Waals surface area contributed by atoms with Crippen molar-refractivity contribution < 1.29 is 14.3 Å². The molecule has 7 heteroatoms. The second kappa shape index (κ2) is 10.9. The summed E-state index contributed by atoms with van der Waals surface area (Å²) in [7, 11) is 3.53. The number of nitrogens with one attached hydrogen (secondary N) is 1. The fraction of sp³-hybridized carbons (Fsp3) is 0.680. The number of rotatable bonds is 7. The molecule has 7 nitrogen and oxygen atoms in total. The Morgan fingerprint density at radius 2 is 1.94 bits per heavy atom. The zero-order valence-electron chi connectivity index (χ0n) is 20.4. The molecule has 1 aromatic rings. The van der Waals surface area contributed by atoms with Gasteiger partial charge in [0.2, 0.25) is 0 Å². The van der Waals surface area contributed by atoms with Gasteiger partial charge in [0.05, 0.1) is 7.11 Å². The number of benzene rings is 1. The minimum absolute atomic E-state index is 0.163. The highest BCUT2D eigenvalue weighted by molar-refractivity contribution is 5.80. The van der Waals surface area contributed by atoms with Crippen molar-refractivity contribution in [1.29, 1.82) is 0 Å². The highest BCUT2D eigenvalue weighted by Crippen LogP contribution is 2.32. The molecule has 1 aliphatic carbocycles. The number of carbonyl (C=O) groups is 1. The summed E-state index contributed by atoms with van der Waals surface area (Å²) in [5, 5.41) is 3.50. The summed E-state index contributed by atoms with van der Waals surface area (Å²) in [5.41, 5.74) is 0.771. The van der Waals surface area contributed by atoms with E-state index in [1.165, 1.54) is 18.4 Å². The Balaban J connectivity index is 1.50. The Morgan fingerprint density at radius 3 is 2.53 bits per heavy atom. The van der Waals surface area contributed by atoms with Gasteiger partial charge in [-0.05, 0) is 76.5 Å². The smallest absolute Gasteiger partial charge is 0.410 e. The molecular formula is C25H40N4O3. The van der Waals surface area contributed by atoms with Crippen molar-refractivity contribution in [2.75, 3.05) is 40.3 Å². The first kappa shape index (κ1) is 24.2. The molecule has 3 rings (SSSR count). The second-order valence-corrected chi connectivity index (χ2v) is 9.87. The summed E-state index contributed by atoms with van der Waals surface area (Å²) in [6.07, 6.45) is 5.05. The first-order chi connectivity index (χ1) is 15.3. The predicted molar refractivity (Wildman–Crippen MR) is 128 cm³/mol. The fourth-order valence-electron chi connectivity index (χ4n) is 4.14. The van der Waals surface area contributed by atoms with Gasteiger partial charge in [-0.1, -0.05) is 12.1 Å². The van der Waals surface area contributed by atoms with Gasteiger partial charge in [-0.2, -0.15) is 0 Å². The lowest BCUT2D eigenvalue weighted by atomic mass is 10.0. The molecule has 2 aliphatic rings. The third kappa shape index (κ3) is 7.31. The molecule has 2 fully saturated rings. The molecule has 0 bridgehead atoms. The van der Waals surface area contributed by atoms with E-state index in [1.807, 2.05) is 44.9 Å². The minimum atomic E-state index is -0.464. The van der Waals surface area contributed by atoms with Gasteiger partial charge >= 0.3 is 6.09 Å². The largest absolute Gasteiger partial charge is 0.497 e. The van der Waals surface area contributed by atoms with Crippen molar-refractivity contribution >= 4 is 12.1 Å². The van der Waals surface area contributed by atoms with Gasteiger partial charge in [0, 0.05) is 39.3 Å². The van der Waals surface area contributed by atoms with Crippen LogP contribution in [-0.2, 0) is 11.2 Å². The number of likely N-dealkylation sites (tertiary alicyclic amines) is 1. The maximum Gasteiger partial charge on any atom is 0.410 e. The van der Waals surface area contributed by atoms with Crippen molar-refractivity contribution in [2.45, 2.75) is 64.5 Å². The first-order valence-electron chi connectivity index (χ1n) is 11.9. The lowest BCUT2D eigenvalue weighted by molar-refractivity contribution is 0.00928. The van der Waals surface area contributed by atoms with Crippen LogP contribution >= 0.6 is 0 Å². The molecule has 0 atom stereocenters. The van der Waals surface area contributed by atoms with E-state index >= 15 is 0 Å². The van der Waals surface area contributed by atoms with Crippen molar-refractivity contribution in [3.63, 3.8) is 0 Å². The van der Waals surface area contributed by atoms with E-state index in [4.69, 9.17) is 9.47 Å². The van der Waals surface area contributed by atoms with E-state index in [0.717, 1.165) is 57.2 Å². The van der Waals surface area contributed by atoms with Crippen LogP contribution in [0.5, 0.6) is 5.75 Å². The number of piperidine rings is 1. The Morgan fingerprint density at radius 1 is 1.22 bits per heavy atom. The van der Waals surface area contributed by atoms with Crippen LogP contribution in [-0.4, -0.2) is 73.8 Å². The minimum Gasteiger partial charge on any atom is -0.497 e. The molecule has 0 aromatic heterocycles. The summed E-state index contributed by atoms with van der Waals surface area (Å²) < 4.78 is 11.0. The van der Waals surface area contributed by atoms with E-state index in [9.17, 15) is 4.79 Å². The number of amides is 1. The van der Waals surface area contributed by atoms with Gasteiger partial charge in [-0.25, -0.2) is 4.79 Å². The first-order valence-corrected chi connectivity index (χ1v) is 11.9. The maximum absolute atomic E-state index is 12.9. The SMILES string of the molecule is CN=C(NCCc1cccc(OC)c1)N1CCC(N(CC2CC2)C(=O)OC(C)(C)C)CC1. The van der Waals surface area contributed by atoms with Crippen molar-refractivity contribution in [3.05, 3.63) is 29.8 Å². The quantitative estimate of drug-likeness (QED) is 0.510. The molecule has 1 N–H and O–H groups in total. The van der Waals surface area contributed by atoms with Crippen LogP contribution in [0, 0.1) is 5.92 Å². The maximum atomic E-state index is 12.9. The summed E-state index contributed by atoms with van der Waals surface area (Å²) in [4.78, 5) is 21.6. The van der Waals surface area contributed by atoms with Crippen LogP contribution in [0.3, 0.4) is 0 Å². The van der Waals surface area contributed by atoms with Crippen LogP contribution in [0.2, 0.25) is 0 Å². The third-order valence-corrected chi connectivity index (χ3v) is 6.03. The Labute approximate surface area is 193 Å². The van der Waals surface area contributed by atoms with Gasteiger partial charge in [-0.3, -0.25) is 4.99 Å². The topological polar surface area (TPSA) is 66.4 Å². The van der Waals surface area contributed by atoms with Gasteiger partial charge in [-0.15, -0.1) is 0 Å². The van der Waals surface area contributed by atoms with Crippen LogP contribution in [0.25, 0.3) is 0 Å². The highest BCUT2D eigenvalue weighted by atomic mass is 16.6. The third-order valence-electron chi connectivity index (χ3n) is 6.03. The van der Waals surface area contributed by atoms with Gasteiger partial charge < -0.3 is 24.6 Å². The number of guanidine groups is 1. The zero-order valence-corrected chi connectivity index (χ0v) is 20.4. The Bertz CT molecular complexity index is 778. The predicted octanol–water partition coefficient (Wildman–Crippen LogP) is 3.92. The number of ether oxygens (including phenoxy) is 2. The molecule has 1 saturated heterocycles. The molecule has 1 aromatic carbocycles. The van der Waals surface area contributed by atoms with Gasteiger partial charge in [0.15, 0.2) is 5.96 Å². The number of hydrogen-bond donors (Lipinski definition) is 1.